The third-order valence-corrected chi connectivity index (χ3v) is 9.64. The zero-order valence-electron chi connectivity index (χ0n) is 23.7. The number of halogens is 3. The third-order valence-electron chi connectivity index (χ3n) is 9.64. The summed E-state index contributed by atoms with van der Waals surface area (Å²) < 4.78 is 27.3. The summed E-state index contributed by atoms with van der Waals surface area (Å²) in [5.74, 6) is -3.11. The third kappa shape index (κ3) is 6.26. The number of nitrogens with one attached hydrogen (secondary N) is 1. The summed E-state index contributed by atoms with van der Waals surface area (Å²) in [4.78, 5) is 32.8. The molecule has 1 saturated carbocycles. The number of aliphatic hydroxyl groups is 1. The number of hydrogen-bond acceptors (Lipinski definition) is 4. The van der Waals surface area contributed by atoms with E-state index >= 15 is 0 Å². The van der Waals surface area contributed by atoms with Gasteiger partial charge in [-0.2, -0.15) is 0 Å². The fourth-order valence-corrected chi connectivity index (χ4v) is 7.90. The average molecular weight is 583 g/mol. The topological polar surface area (TPSA) is 76.1 Å². The number of nitrogens with zero attached hydrogens (tertiary/aromatic N) is 3. The summed E-state index contributed by atoms with van der Waals surface area (Å²) in [5, 5.41) is 12.7. The molecule has 2 N–H and O–H groups in total. The number of rotatable bonds is 9. The van der Waals surface area contributed by atoms with Gasteiger partial charge in [-0.3, -0.25) is 9.69 Å². The number of carbonyl (C=O) groups is 2. The highest BCUT2D eigenvalue weighted by atomic mass is 35.5. The van der Waals surface area contributed by atoms with Gasteiger partial charge >= 0.3 is 6.03 Å². The van der Waals surface area contributed by atoms with Crippen LogP contribution in [0.15, 0.2) is 30.3 Å². The van der Waals surface area contributed by atoms with E-state index in [0.717, 1.165) is 44.2 Å². The molecule has 0 radical (unpaired) electrons. The summed E-state index contributed by atoms with van der Waals surface area (Å²) in [6.45, 7) is 6.02. The highest BCUT2D eigenvalue weighted by Gasteiger charge is 2.57. The summed E-state index contributed by atoms with van der Waals surface area (Å²) in [6.07, 6.45) is 4.84. The fraction of sp³-hybridized carbons (Fsp3) is 0.733. The van der Waals surface area contributed by atoms with Crippen molar-refractivity contribution in [1.29, 1.82) is 0 Å². The van der Waals surface area contributed by atoms with E-state index in [1.807, 2.05) is 35.2 Å². The lowest BCUT2D eigenvalue weighted by molar-refractivity contribution is -0.130. The molecule has 10 heteroatoms. The van der Waals surface area contributed by atoms with Crippen molar-refractivity contribution in [3.63, 3.8) is 0 Å². The number of amides is 3. The molecule has 3 saturated heterocycles. The maximum Gasteiger partial charge on any atom is 0.320 e. The van der Waals surface area contributed by atoms with E-state index in [0.29, 0.717) is 25.2 Å². The van der Waals surface area contributed by atoms with Gasteiger partial charge in [-0.05, 0) is 64.4 Å². The summed E-state index contributed by atoms with van der Waals surface area (Å²) >= 11 is 0. The molecule has 1 spiro atoms. The molecule has 7 nitrogen and oxygen atoms in total. The van der Waals surface area contributed by atoms with Crippen LogP contribution in [-0.2, 0) is 4.79 Å². The van der Waals surface area contributed by atoms with E-state index in [-0.39, 0.29) is 80.2 Å². The molecule has 224 valence electrons. The predicted molar refractivity (Wildman–Crippen MR) is 153 cm³/mol. The van der Waals surface area contributed by atoms with Crippen molar-refractivity contribution in [3.05, 3.63) is 35.9 Å². The Labute approximate surface area is 243 Å². The summed E-state index contributed by atoms with van der Waals surface area (Å²) in [7, 11) is 0. The van der Waals surface area contributed by atoms with Crippen molar-refractivity contribution in [3.8, 4) is 0 Å². The molecule has 2 bridgehead atoms. The second-order valence-corrected chi connectivity index (χ2v) is 12.5. The smallest absolute Gasteiger partial charge is 0.320 e. The number of alkyl halides is 2. The van der Waals surface area contributed by atoms with Gasteiger partial charge in [0, 0.05) is 56.5 Å². The second kappa shape index (κ2) is 12.5. The number of urea groups is 1. The van der Waals surface area contributed by atoms with Gasteiger partial charge in [0.25, 0.3) is 0 Å². The standard InChI is InChI=1S/C30H44F2N4O3.ClH/c1-21(2)36-28(39)34(16-17-37)20-29(36)18-24-8-9-25(19-29)35(24)15-12-26(22-6-4-3-5-7-22)33-27(38)23-10-13-30(31,32)14-11-23;/h3-7,21,23-26,37H,8-20H2,1-2H3,(H,33,38);1H/t24?,25?,26-,29?;/m0./s1. The molecule has 4 aliphatic rings. The van der Waals surface area contributed by atoms with E-state index in [1.54, 1.807) is 0 Å². The van der Waals surface area contributed by atoms with Gasteiger partial charge in [-0.1, -0.05) is 30.3 Å². The highest BCUT2D eigenvalue weighted by Crippen LogP contribution is 2.47. The Hall–Kier alpha value is -1.97. The second-order valence-electron chi connectivity index (χ2n) is 12.5. The molecule has 4 fully saturated rings. The number of β-amino-alcohol motifs (C(OH)–C–C–N with tert-alkyl or cyclic N) is 1. The van der Waals surface area contributed by atoms with Crippen LogP contribution in [-0.4, -0.2) is 87.6 Å². The number of hydrogen-bond donors (Lipinski definition) is 2. The van der Waals surface area contributed by atoms with E-state index in [4.69, 9.17) is 0 Å². The monoisotopic (exact) mass is 582 g/mol. The van der Waals surface area contributed by atoms with E-state index in [1.165, 1.54) is 0 Å². The molecule has 1 aromatic carbocycles. The van der Waals surface area contributed by atoms with Crippen molar-refractivity contribution < 1.29 is 23.5 Å². The molecular weight excluding hydrogens is 538 g/mol. The minimum Gasteiger partial charge on any atom is -0.395 e. The molecule has 5 rings (SSSR count). The molecule has 1 aliphatic carbocycles. The van der Waals surface area contributed by atoms with Gasteiger partial charge in [0.15, 0.2) is 0 Å². The van der Waals surface area contributed by atoms with Crippen molar-refractivity contribution in [2.24, 2.45) is 5.92 Å². The molecule has 3 heterocycles. The molecule has 3 atom stereocenters. The van der Waals surface area contributed by atoms with Crippen molar-refractivity contribution in [2.45, 2.75) is 107 Å². The normalized spacial score (nSPS) is 29.2. The lowest BCUT2D eigenvalue weighted by atomic mass is 9.81. The van der Waals surface area contributed by atoms with Gasteiger partial charge < -0.3 is 20.2 Å². The maximum absolute atomic E-state index is 13.7. The van der Waals surface area contributed by atoms with Crippen molar-refractivity contribution in [1.82, 2.24) is 20.0 Å². The molecule has 2 unspecified atom stereocenters. The van der Waals surface area contributed by atoms with Crippen molar-refractivity contribution in [2.75, 3.05) is 26.2 Å². The lowest BCUT2D eigenvalue weighted by Gasteiger charge is -2.49. The fourth-order valence-electron chi connectivity index (χ4n) is 7.90. The Balaban J connectivity index is 0.00000370. The summed E-state index contributed by atoms with van der Waals surface area (Å²) in [6, 6.07) is 10.7. The Morgan fingerprint density at radius 1 is 1.05 bits per heavy atom. The molecule has 40 heavy (non-hydrogen) atoms. The summed E-state index contributed by atoms with van der Waals surface area (Å²) in [5.41, 5.74) is 0.846. The highest BCUT2D eigenvalue weighted by molar-refractivity contribution is 5.85. The van der Waals surface area contributed by atoms with Crippen LogP contribution >= 0.6 is 12.4 Å². The van der Waals surface area contributed by atoms with Crippen LogP contribution in [0.4, 0.5) is 13.6 Å². The van der Waals surface area contributed by atoms with Crippen LogP contribution in [0.3, 0.4) is 0 Å². The van der Waals surface area contributed by atoms with Crippen LogP contribution in [0, 0.1) is 5.92 Å². The first-order chi connectivity index (χ1) is 18.6. The lowest BCUT2D eigenvalue weighted by Crippen LogP contribution is -2.60. The minimum atomic E-state index is -2.65. The minimum absolute atomic E-state index is 0. The Kier molecular flexibility index (Phi) is 9.67. The van der Waals surface area contributed by atoms with Crippen LogP contribution in [0.2, 0.25) is 0 Å². The quantitative estimate of drug-likeness (QED) is 0.430. The Morgan fingerprint density at radius 3 is 2.25 bits per heavy atom. The van der Waals surface area contributed by atoms with Gasteiger partial charge in [0.1, 0.15) is 0 Å². The van der Waals surface area contributed by atoms with E-state index < -0.39 is 5.92 Å². The molecule has 3 aliphatic heterocycles. The van der Waals surface area contributed by atoms with Crippen LogP contribution in [0.25, 0.3) is 0 Å². The van der Waals surface area contributed by atoms with E-state index in [2.05, 4.69) is 29.0 Å². The van der Waals surface area contributed by atoms with E-state index in [9.17, 15) is 23.5 Å². The number of benzene rings is 1. The Bertz CT molecular complexity index is 1010. The number of carbonyl (C=O) groups excluding carboxylic acids is 2. The maximum atomic E-state index is 13.7. The molecular formula is C30H45ClF2N4O3. The van der Waals surface area contributed by atoms with Gasteiger partial charge in [-0.25, -0.2) is 13.6 Å². The van der Waals surface area contributed by atoms with Gasteiger partial charge in [0.05, 0.1) is 18.2 Å². The molecule has 1 aromatic rings. The first-order valence-corrected chi connectivity index (χ1v) is 14.8. The first-order valence-electron chi connectivity index (χ1n) is 14.8. The van der Waals surface area contributed by atoms with Gasteiger partial charge in [-0.15, -0.1) is 12.4 Å². The number of aliphatic hydroxyl groups excluding tert-OH is 1. The number of piperidine rings is 1. The van der Waals surface area contributed by atoms with Crippen LogP contribution in [0.1, 0.15) is 83.2 Å². The number of fused-ring (bicyclic) bond motifs is 2. The van der Waals surface area contributed by atoms with Crippen LogP contribution in [0.5, 0.6) is 0 Å². The average Bonchev–Trinajstić information content (AvgIpc) is 3.30. The van der Waals surface area contributed by atoms with Crippen LogP contribution < -0.4 is 5.32 Å². The first kappa shape index (κ1) is 31.0. The Morgan fingerprint density at radius 2 is 1.68 bits per heavy atom. The SMILES string of the molecule is CC(C)N1C(=O)N(CCO)CC12CC1CCC(C2)N1CC[C@H](NC(=O)C1CCC(F)(F)CC1)c1ccccc1.Cl. The largest absolute Gasteiger partial charge is 0.395 e. The van der Waals surface area contributed by atoms with Gasteiger partial charge in [0.2, 0.25) is 11.8 Å². The van der Waals surface area contributed by atoms with Crippen molar-refractivity contribution >= 4 is 24.3 Å². The zero-order valence-corrected chi connectivity index (χ0v) is 24.6. The predicted octanol–water partition coefficient (Wildman–Crippen LogP) is 4.99. The molecule has 0 aromatic heterocycles. The molecule has 3 amide bonds. The zero-order chi connectivity index (χ0) is 27.8.